The molecule has 1 aromatic rings. The molecule has 2 aliphatic carbocycles. The van der Waals surface area contributed by atoms with Crippen LogP contribution in [-0.2, 0) is 0 Å². The molecule has 0 saturated heterocycles. The van der Waals surface area contributed by atoms with Gasteiger partial charge >= 0.3 is 0 Å². The lowest BCUT2D eigenvalue weighted by atomic mass is 9.88. The van der Waals surface area contributed by atoms with Gasteiger partial charge in [0.2, 0.25) is 0 Å². The van der Waals surface area contributed by atoms with Gasteiger partial charge in [-0.3, -0.25) is 4.79 Å². The van der Waals surface area contributed by atoms with Crippen molar-refractivity contribution in [2.45, 2.75) is 51.0 Å². The molecule has 3 rings (SSSR count). The molecule has 0 aliphatic heterocycles. The third-order valence-corrected chi connectivity index (χ3v) is 5.02. The molecule has 2 N–H and O–H groups in total. The van der Waals surface area contributed by atoms with Gasteiger partial charge < -0.3 is 10.6 Å². The van der Waals surface area contributed by atoms with Gasteiger partial charge in [-0.1, -0.05) is 30.9 Å². The number of hydrogen-bond donors (Lipinski definition) is 1. The molecule has 2 fully saturated rings. The Balaban J connectivity index is 1.73. The number of halogens is 1. The normalized spacial score (nSPS) is 19.5. The van der Waals surface area contributed by atoms with Gasteiger partial charge in [0, 0.05) is 18.2 Å². The lowest BCUT2D eigenvalue weighted by molar-refractivity contribution is 0.0699. The molecule has 2 aliphatic rings. The molecule has 0 radical (unpaired) electrons. The first kappa shape index (κ1) is 14.7. The minimum absolute atomic E-state index is 0.117. The Morgan fingerprint density at radius 1 is 1.19 bits per heavy atom. The first-order chi connectivity index (χ1) is 10.1. The van der Waals surface area contributed by atoms with Crippen molar-refractivity contribution in [1.29, 1.82) is 0 Å². The first-order valence-electron chi connectivity index (χ1n) is 8.01. The SMILES string of the molecule is Nc1cc(C(=O)N(CC2CCCCC2)C2CC2)ccc1Cl. The fourth-order valence-corrected chi connectivity index (χ4v) is 3.39. The zero-order valence-corrected chi connectivity index (χ0v) is 13.1. The van der Waals surface area contributed by atoms with Crippen molar-refractivity contribution >= 4 is 23.2 Å². The maximum atomic E-state index is 12.8. The summed E-state index contributed by atoms with van der Waals surface area (Å²) < 4.78 is 0. The maximum Gasteiger partial charge on any atom is 0.254 e. The standard InChI is InChI=1S/C17H23ClN2O/c18-15-9-6-13(10-16(15)19)17(21)20(14-7-8-14)11-12-4-2-1-3-5-12/h6,9-10,12,14H,1-5,7-8,11,19H2. The topological polar surface area (TPSA) is 46.3 Å². The van der Waals surface area contributed by atoms with E-state index in [-0.39, 0.29) is 5.91 Å². The van der Waals surface area contributed by atoms with Gasteiger partial charge in [0.25, 0.3) is 5.91 Å². The van der Waals surface area contributed by atoms with E-state index < -0.39 is 0 Å². The quantitative estimate of drug-likeness (QED) is 0.851. The molecule has 1 aromatic carbocycles. The summed E-state index contributed by atoms with van der Waals surface area (Å²) in [7, 11) is 0. The second-order valence-corrected chi connectivity index (χ2v) is 6.84. The van der Waals surface area contributed by atoms with E-state index in [9.17, 15) is 4.79 Å². The number of anilines is 1. The Kier molecular flexibility index (Phi) is 4.39. The molecule has 4 heteroatoms. The van der Waals surface area contributed by atoms with Crippen molar-refractivity contribution in [2.24, 2.45) is 5.92 Å². The molecular weight excluding hydrogens is 284 g/mol. The fourth-order valence-electron chi connectivity index (χ4n) is 3.27. The molecule has 0 atom stereocenters. The van der Waals surface area contributed by atoms with Gasteiger partial charge in [0.1, 0.15) is 0 Å². The third-order valence-electron chi connectivity index (χ3n) is 4.67. The van der Waals surface area contributed by atoms with Crippen molar-refractivity contribution in [3.8, 4) is 0 Å². The average molecular weight is 307 g/mol. The summed E-state index contributed by atoms with van der Waals surface area (Å²) in [6.07, 6.45) is 8.78. The van der Waals surface area contributed by atoms with Crippen molar-refractivity contribution < 1.29 is 4.79 Å². The van der Waals surface area contributed by atoms with E-state index in [1.54, 1.807) is 18.2 Å². The highest BCUT2D eigenvalue weighted by molar-refractivity contribution is 6.33. The number of carbonyl (C=O) groups is 1. The highest BCUT2D eigenvalue weighted by Crippen LogP contribution is 2.33. The second kappa shape index (κ2) is 6.27. The Morgan fingerprint density at radius 3 is 2.52 bits per heavy atom. The predicted octanol–water partition coefficient (Wildman–Crippen LogP) is 4.11. The Hall–Kier alpha value is -1.22. The summed E-state index contributed by atoms with van der Waals surface area (Å²) in [6.45, 7) is 0.909. The Morgan fingerprint density at radius 2 is 1.90 bits per heavy atom. The van der Waals surface area contributed by atoms with Gasteiger partial charge in [0.05, 0.1) is 10.7 Å². The molecule has 0 bridgehead atoms. The number of amides is 1. The van der Waals surface area contributed by atoms with Crippen LogP contribution in [0, 0.1) is 5.92 Å². The first-order valence-corrected chi connectivity index (χ1v) is 8.39. The van der Waals surface area contributed by atoms with Crippen molar-refractivity contribution in [3.05, 3.63) is 28.8 Å². The highest BCUT2D eigenvalue weighted by Gasteiger charge is 2.34. The molecular formula is C17H23ClN2O. The predicted molar refractivity (Wildman–Crippen MR) is 86.5 cm³/mol. The lowest BCUT2D eigenvalue weighted by Gasteiger charge is -2.30. The maximum absolute atomic E-state index is 12.8. The second-order valence-electron chi connectivity index (χ2n) is 6.43. The number of nitrogen functional groups attached to an aromatic ring is 1. The smallest absolute Gasteiger partial charge is 0.254 e. The molecule has 21 heavy (non-hydrogen) atoms. The van der Waals surface area contributed by atoms with Gasteiger partial charge in [-0.05, 0) is 49.8 Å². The number of hydrogen-bond acceptors (Lipinski definition) is 2. The van der Waals surface area contributed by atoms with E-state index in [0.29, 0.717) is 28.2 Å². The molecule has 114 valence electrons. The van der Waals surface area contributed by atoms with Crippen molar-refractivity contribution in [1.82, 2.24) is 4.90 Å². The van der Waals surface area contributed by atoms with Crippen LogP contribution in [0.25, 0.3) is 0 Å². The van der Waals surface area contributed by atoms with Gasteiger partial charge in [-0.2, -0.15) is 0 Å². The Labute approximate surface area is 131 Å². The van der Waals surface area contributed by atoms with Crippen LogP contribution in [-0.4, -0.2) is 23.4 Å². The van der Waals surface area contributed by atoms with Gasteiger partial charge in [0.15, 0.2) is 0 Å². The number of nitrogens with zero attached hydrogens (tertiary/aromatic N) is 1. The number of nitrogens with two attached hydrogens (primary N) is 1. The van der Waals surface area contributed by atoms with E-state index in [0.717, 1.165) is 19.4 Å². The summed E-state index contributed by atoms with van der Waals surface area (Å²) in [5.74, 6) is 0.791. The van der Waals surface area contributed by atoms with E-state index in [2.05, 4.69) is 4.90 Å². The van der Waals surface area contributed by atoms with Crippen LogP contribution in [0.15, 0.2) is 18.2 Å². The number of rotatable bonds is 4. The van der Waals surface area contributed by atoms with Crippen molar-refractivity contribution in [3.63, 3.8) is 0 Å². The van der Waals surface area contributed by atoms with Crippen LogP contribution in [0.3, 0.4) is 0 Å². The Bertz CT molecular complexity index is 522. The largest absolute Gasteiger partial charge is 0.398 e. The third kappa shape index (κ3) is 3.52. The lowest BCUT2D eigenvalue weighted by Crippen LogP contribution is -2.37. The van der Waals surface area contributed by atoms with Crippen molar-refractivity contribution in [2.75, 3.05) is 12.3 Å². The van der Waals surface area contributed by atoms with E-state index in [4.69, 9.17) is 17.3 Å². The zero-order chi connectivity index (χ0) is 14.8. The monoisotopic (exact) mass is 306 g/mol. The van der Waals surface area contributed by atoms with Crippen LogP contribution < -0.4 is 5.73 Å². The highest BCUT2D eigenvalue weighted by atomic mass is 35.5. The molecule has 2 saturated carbocycles. The molecule has 1 amide bonds. The fraction of sp³-hybridized carbons (Fsp3) is 0.588. The van der Waals surface area contributed by atoms with E-state index in [1.165, 1.54) is 32.1 Å². The van der Waals surface area contributed by atoms with E-state index in [1.807, 2.05) is 0 Å². The van der Waals surface area contributed by atoms with Crippen LogP contribution >= 0.6 is 11.6 Å². The van der Waals surface area contributed by atoms with Crippen LogP contribution in [0.2, 0.25) is 5.02 Å². The van der Waals surface area contributed by atoms with Crippen LogP contribution in [0.4, 0.5) is 5.69 Å². The summed E-state index contributed by atoms with van der Waals surface area (Å²) in [5, 5.41) is 0.511. The average Bonchev–Trinajstić information content (AvgIpc) is 3.33. The zero-order valence-electron chi connectivity index (χ0n) is 12.4. The molecule has 0 unspecified atom stereocenters. The number of carbonyl (C=O) groups excluding carboxylic acids is 1. The minimum atomic E-state index is 0.117. The van der Waals surface area contributed by atoms with Gasteiger partial charge in [-0.15, -0.1) is 0 Å². The summed E-state index contributed by atoms with van der Waals surface area (Å²) >= 11 is 5.95. The molecule has 0 spiro atoms. The summed E-state index contributed by atoms with van der Waals surface area (Å²) in [4.78, 5) is 14.9. The van der Waals surface area contributed by atoms with Gasteiger partial charge in [-0.25, -0.2) is 0 Å². The molecule has 3 nitrogen and oxygen atoms in total. The van der Waals surface area contributed by atoms with Crippen LogP contribution in [0.5, 0.6) is 0 Å². The van der Waals surface area contributed by atoms with E-state index >= 15 is 0 Å². The molecule has 0 heterocycles. The van der Waals surface area contributed by atoms with Crippen LogP contribution in [0.1, 0.15) is 55.3 Å². The summed E-state index contributed by atoms with van der Waals surface area (Å²) in [5.41, 5.74) is 6.98. The number of benzene rings is 1. The summed E-state index contributed by atoms with van der Waals surface area (Å²) in [6, 6.07) is 5.66. The minimum Gasteiger partial charge on any atom is -0.398 e. The molecule has 0 aromatic heterocycles.